The minimum absolute atomic E-state index is 0.0546. The maximum atomic E-state index is 12.2. The Morgan fingerprint density at radius 3 is 3.10 bits per heavy atom. The maximum absolute atomic E-state index is 12.2. The van der Waals surface area contributed by atoms with E-state index in [4.69, 9.17) is 9.47 Å². The molecule has 0 atom stereocenters. The summed E-state index contributed by atoms with van der Waals surface area (Å²) in [6, 6.07) is 5.27. The van der Waals surface area contributed by atoms with Crippen molar-refractivity contribution in [2.45, 2.75) is 18.6 Å². The van der Waals surface area contributed by atoms with Gasteiger partial charge in [0.1, 0.15) is 0 Å². The van der Waals surface area contributed by atoms with E-state index in [2.05, 4.69) is 4.98 Å². The van der Waals surface area contributed by atoms with E-state index < -0.39 is 0 Å². The Morgan fingerprint density at radius 2 is 2.25 bits per heavy atom. The van der Waals surface area contributed by atoms with E-state index in [-0.39, 0.29) is 12.6 Å². The average Bonchev–Trinajstić information content (AvgIpc) is 3.12. The average molecular weight is 290 g/mol. The fourth-order valence-corrected chi connectivity index (χ4v) is 2.88. The van der Waals surface area contributed by atoms with Gasteiger partial charge in [0.05, 0.1) is 5.75 Å². The number of carbonyl (C=O) groups is 1. The molecule has 0 unspecified atom stereocenters. The highest BCUT2D eigenvalue weighted by Gasteiger charge is 2.16. The lowest BCUT2D eigenvalue weighted by Gasteiger charge is -2.04. The van der Waals surface area contributed by atoms with Crippen molar-refractivity contribution in [3.05, 3.63) is 36.2 Å². The molecule has 0 bridgehead atoms. The van der Waals surface area contributed by atoms with Gasteiger partial charge in [-0.15, -0.1) is 0 Å². The number of Topliss-reactive ketones (excluding diaryl/α,β-unsaturated/α-hetero) is 1. The molecule has 20 heavy (non-hydrogen) atoms. The molecule has 0 amide bonds. The Hall–Kier alpha value is -1.95. The fraction of sp³-hybridized carbons (Fsp3) is 0.286. The topological polar surface area (TPSA) is 53.4 Å². The summed E-state index contributed by atoms with van der Waals surface area (Å²) < 4.78 is 12.5. The van der Waals surface area contributed by atoms with Crippen molar-refractivity contribution in [1.82, 2.24) is 9.55 Å². The molecule has 104 valence electrons. The largest absolute Gasteiger partial charge is 0.454 e. The number of imidazole rings is 1. The van der Waals surface area contributed by atoms with Gasteiger partial charge < -0.3 is 14.0 Å². The summed E-state index contributed by atoms with van der Waals surface area (Å²) in [6.07, 6.45) is 3.66. The third-order valence-electron chi connectivity index (χ3n) is 3.04. The number of hydrogen-bond acceptors (Lipinski definition) is 5. The SMILES string of the molecule is CCn1ccnc1SCC(=O)c1ccc2c(c1)OCO2. The molecule has 2 heterocycles. The molecule has 1 aromatic carbocycles. The Bertz CT molecular complexity index is 639. The Kier molecular flexibility index (Phi) is 3.64. The Morgan fingerprint density at radius 1 is 1.40 bits per heavy atom. The lowest BCUT2D eigenvalue weighted by Crippen LogP contribution is -2.04. The van der Waals surface area contributed by atoms with E-state index in [1.807, 2.05) is 17.7 Å². The van der Waals surface area contributed by atoms with Crippen LogP contribution < -0.4 is 9.47 Å². The second-order valence-electron chi connectivity index (χ2n) is 4.28. The van der Waals surface area contributed by atoms with Gasteiger partial charge in [-0.1, -0.05) is 11.8 Å². The molecule has 1 aliphatic rings. The van der Waals surface area contributed by atoms with Gasteiger partial charge in [0.25, 0.3) is 0 Å². The molecule has 6 heteroatoms. The van der Waals surface area contributed by atoms with E-state index in [1.165, 1.54) is 11.8 Å². The van der Waals surface area contributed by atoms with Gasteiger partial charge in [0.15, 0.2) is 22.4 Å². The van der Waals surface area contributed by atoms with Crippen molar-refractivity contribution in [3.63, 3.8) is 0 Å². The molecule has 2 aromatic rings. The summed E-state index contributed by atoms with van der Waals surface area (Å²) in [6.45, 7) is 3.11. The molecule has 0 saturated carbocycles. The zero-order chi connectivity index (χ0) is 13.9. The highest BCUT2D eigenvalue weighted by Crippen LogP contribution is 2.33. The highest BCUT2D eigenvalue weighted by molar-refractivity contribution is 7.99. The Balaban J connectivity index is 1.67. The van der Waals surface area contributed by atoms with Gasteiger partial charge in [-0.2, -0.15) is 0 Å². The van der Waals surface area contributed by atoms with Crippen LogP contribution in [0.25, 0.3) is 0 Å². The number of ketones is 1. The lowest BCUT2D eigenvalue weighted by atomic mass is 10.1. The van der Waals surface area contributed by atoms with Crippen molar-refractivity contribution < 1.29 is 14.3 Å². The van der Waals surface area contributed by atoms with Crippen LogP contribution >= 0.6 is 11.8 Å². The van der Waals surface area contributed by atoms with Crippen LogP contribution in [0.4, 0.5) is 0 Å². The van der Waals surface area contributed by atoms with E-state index >= 15 is 0 Å². The third kappa shape index (κ3) is 2.51. The molecule has 0 saturated heterocycles. The number of thioether (sulfide) groups is 1. The van der Waals surface area contributed by atoms with Crippen molar-refractivity contribution in [2.24, 2.45) is 0 Å². The number of hydrogen-bond donors (Lipinski definition) is 0. The molecule has 0 aliphatic carbocycles. The maximum Gasteiger partial charge on any atom is 0.231 e. The van der Waals surface area contributed by atoms with Crippen LogP contribution in [0.1, 0.15) is 17.3 Å². The number of aryl methyl sites for hydroxylation is 1. The molecule has 5 nitrogen and oxygen atoms in total. The highest BCUT2D eigenvalue weighted by atomic mass is 32.2. The molecule has 0 fully saturated rings. The number of carbonyl (C=O) groups excluding carboxylic acids is 1. The Labute approximate surface area is 120 Å². The van der Waals surface area contributed by atoms with Gasteiger partial charge in [-0.25, -0.2) is 4.98 Å². The lowest BCUT2D eigenvalue weighted by molar-refractivity contribution is 0.102. The summed E-state index contributed by atoms with van der Waals surface area (Å²) in [7, 11) is 0. The second-order valence-corrected chi connectivity index (χ2v) is 5.22. The molecule has 3 rings (SSSR count). The van der Waals surface area contributed by atoms with Crippen molar-refractivity contribution in [2.75, 3.05) is 12.5 Å². The predicted molar refractivity (Wildman–Crippen MR) is 75.5 cm³/mol. The quantitative estimate of drug-likeness (QED) is 0.626. The third-order valence-corrected chi connectivity index (χ3v) is 4.05. The second kappa shape index (κ2) is 5.58. The van der Waals surface area contributed by atoms with Crippen LogP contribution in [-0.2, 0) is 6.54 Å². The van der Waals surface area contributed by atoms with E-state index in [0.29, 0.717) is 22.8 Å². The minimum atomic E-state index is 0.0546. The van der Waals surface area contributed by atoms with Crippen LogP contribution in [0.3, 0.4) is 0 Å². The first-order chi connectivity index (χ1) is 9.78. The number of aromatic nitrogens is 2. The van der Waals surface area contributed by atoms with Gasteiger partial charge in [-0.05, 0) is 25.1 Å². The smallest absolute Gasteiger partial charge is 0.231 e. The first kappa shape index (κ1) is 13.1. The standard InChI is InChI=1S/C14H14N2O3S/c1-2-16-6-5-15-14(16)20-8-11(17)10-3-4-12-13(7-10)19-9-18-12/h3-7H,2,8-9H2,1H3. The van der Waals surface area contributed by atoms with E-state index in [1.54, 1.807) is 24.4 Å². The van der Waals surface area contributed by atoms with Gasteiger partial charge in [0.2, 0.25) is 6.79 Å². The first-order valence-corrected chi connectivity index (χ1v) is 7.33. The van der Waals surface area contributed by atoms with Crippen molar-refractivity contribution >= 4 is 17.5 Å². The summed E-state index contributed by atoms with van der Waals surface area (Å²) >= 11 is 1.44. The summed E-state index contributed by atoms with van der Waals surface area (Å²) in [5, 5.41) is 0.863. The molecule has 1 aromatic heterocycles. The number of rotatable bonds is 5. The predicted octanol–water partition coefficient (Wildman–Crippen LogP) is 2.61. The van der Waals surface area contributed by atoms with Gasteiger partial charge >= 0.3 is 0 Å². The number of ether oxygens (including phenoxy) is 2. The molecule has 1 aliphatic heterocycles. The van der Waals surface area contributed by atoms with Crippen LogP contribution in [-0.4, -0.2) is 27.9 Å². The van der Waals surface area contributed by atoms with Crippen molar-refractivity contribution in [3.8, 4) is 11.5 Å². The van der Waals surface area contributed by atoms with Gasteiger partial charge in [0, 0.05) is 24.5 Å². The van der Waals surface area contributed by atoms with Crippen LogP contribution in [0.2, 0.25) is 0 Å². The first-order valence-electron chi connectivity index (χ1n) is 6.34. The van der Waals surface area contributed by atoms with Crippen LogP contribution in [0.5, 0.6) is 11.5 Å². The van der Waals surface area contributed by atoms with Gasteiger partial charge in [-0.3, -0.25) is 4.79 Å². The summed E-state index contributed by atoms with van der Waals surface area (Å²) in [5.41, 5.74) is 0.636. The summed E-state index contributed by atoms with van der Waals surface area (Å²) in [5.74, 6) is 1.74. The minimum Gasteiger partial charge on any atom is -0.454 e. The number of fused-ring (bicyclic) bond motifs is 1. The normalized spacial score (nSPS) is 12.7. The van der Waals surface area contributed by atoms with E-state index in [9.17, 15) is 4.79 Å². The monoisotopic (exact) mass is 290 g/mol. The molecular weight excluding hydrogens is 276 g/mol. The van der Waals surface area contributed by atoms with Crippen LogP contribution in [0, 0.1) is 0 Å². The zero-order valence-corrected chi connectivity index (χ0v) is 11.9. The number of benzene rings is 1. The number of nitrogens with zero attached hydrogens (tertiary/aromatic N) is 2. The summed E-state index contributed by atoms with van der Waals surface area (Å²) in [4.78, 5) is 16.4. The van der Waals surface area contributed by atoms with Crippen LogP contribution in [0.15, 0.2) is 35.7 Å². The molecular formula is C14H14N2O3S. The van der Waals surface area contributed by atoms with E-state index in [0.717, 1.165) is 11.7 Å². The fourth-order valence-electron chi connectivity index (χ4n) is 1.96. The molecule has 0 radical (unpaired) electrons. The van der Waals surface area contributed by atoms with Crippen molar-refractivity contribution in [1.29, 1.82) is 0 Å². The molecule has 0 spiro atoms. The zero-order valence-electron chi connectivity index (χ0n) is 11.0. The molecule has 0 N–H and O–H groups in total.